The van der Waals surface area contributed by atoms with Crippen molar-refractivity contribution in [2.45, 2.75) is 57.5 Å². The van der Waals surface area contributed by atoms with E-state index in [4.69, 9.17) is 29.2 Å². The number of hydroxylamine groups is 4. The summed E-state index contributed by atoms with van der Waals surface area (Å²) in [4.78, 5) is 93.1. The predicted octanol–water partition coefficient (Wildman–Crippen LogP) is 0.826. The van der Waals surface area contributed by atoms with Crippen molar-refractivity contribution in [1.82, 2.24) is 15.4 Å². The van der Waals surface area contributed by atoms with Crippen molar-refractivity contribution >= 4 is 41.8 Å². The van der Waals surface area contributed by atoms with E-state index in [1.165, 1.54) is 0 Å². The molecule has 2 fully saturated rings. The first-order valence-corrected chi connectivity index (χ1v) is 14.2. The summed E-state index contributed by atoms with van der Waals surface area (Å²) in [5.74, 6) is -2.74. The van der Waals surface area contributed by atoms with E-state index in [9.17, 15) is 33.6 Å². The molecule has 1 atom stereocenters. The van der Waals surface area contributed by atoms with Crippen molar-refractivity contribution in [3.8, 4) is 0 Å². The topological polar surface area (TPSA) is 251 Å². The molecule has 0 aromatic carbocycles. The van der Waals surface area contributed by atoms with E-state index in [1.807, 2.05) is 0 Å². The first-order chi connectivity index (χ1) is 21.7. The fourth-order valence-electron chi connectivity index (χ4n) is 3.62. The van der Waals surface area contributed by atoms with Gasteiger partial charge in [0.1, 0.15) is 19.3 Å². The summed E-state index contributed by atoms with van der Waals surface area (Å²) in [6.07, 6.45) is -1.40. The lowest BCUT2D eigenvalue weighted by Gasteiger charge is -2.19. The largest absolute Gasteiger partial charge is 0.534 e. The summed E-state index contributed by atoms with van der Waals surface area (Å²) in [5.41, 5.74) is 8.23. The standard InChI is InChI=1S/C25H36N6O14/c26-29-28-10-2-1-4-19(32)27-9-3-11-39-16-18(41-14-15-43-25(38)45-31-22(35)7-8-23(31)36)17-40-12-13-42-24(37)44-30-20(33)5-6-21(30)34/h18H,1-17H2,(H,27,32). The van der Waals surface area contributed by atoms with Gasteiger partial charge in [-0.05, 0) is 24.8 Å². The first-order valence-electron chi connectivity index (χ1n) is 14.2. The van der Waals surface area contributed by atoms with Gasteiger partial charge >= 0.3 is 12.3 Å². The summed E-state index contributed by atoms with van der Waals surface area (Å²) in [5, 5.41) is 6.86. The number of azide groups is 1. The van der Waals surface area contributed by atoms with Crippen molar-refractivity contribution in [2.24, 2.45) is 5.11 Å². The molecule has 2 aliphatic heterocycles. The van der Waals surface area contributed by atoms with Crippen LogP contribution in [0, 0.1) is 0 Å². The summed E-state index contributed by atoms with van der Waals surface area (Å²) >= 11 is 0. The number of carbonyl (C=O) groups is 7. The molecule has 0 radical (unpaired) electrons. The Hall–Kier alpha value is -4.52. The van der Waals surface area contributed by atoms with Crippen LogP contribution in [0.2, 0.25) is 0 Å². The Kier molecular flexibility index (Phi) is 17.3. The lowest BCUT2D eigenvalue weighted by atomic mass is 10.2. The number of carbonyl (C=O) groups excluding carboxylic acids is 7. The zero-order chi connectivity index (χ0) is 32.9. The van der Waals surface area contributed by atoms with Gasteiger partial charge in [0, 0.05) is 56.7 Å². The van der Waals surface area contributed by atoms with Gasteiger partial charge in [0.05, 0.1) is 26.4 Å². The van der Waals surface area contributed by atoms with Gasteiger partial charge in [0.15, 0.2) is 0 Å². The Bertz CT molecular complexity index is 1070. The first kappa shape index (κ1) is 36.7. The Morgan fingerprint density at radius 1 is 0.756 bits per heavy atom. The minimum Gasteiger partial charge on any atom is -0.430 e. The molecule has 1 N–H and O–H groups in total. The molecule has 1 unspecified atom stereocenters. The van der Waals surface area contributed by atoms with Crippen LogP contribution >= 0.6 is 0 Å². The fourth-order valence-corrected chi connectivity index (χ4v) is 3.62. The zero-order valence-corrected chi connectivity index (χ0v) is 24.5. The Morgan fingerprint density at radius 2 is 1.29 bits per heavy atom. The zero-order valence-electron chi connectivity index (χ0n) is 24.5. The molecule has 250 valence electrons. The average Bonchev–Trinajstić information content (AvgIpc) is 3.50. The fraction of sp³-hybridized carbons (Fsp3) is 0.720. The Labute approximate surface area is 257 Å². The minimum atomic E-state index is -1.26. The highest BCUT2D eigenvalue weighted by molar-refractivity contribution is 6.02. The summed E-state index contributed by atoms with van der Waals surface area (Å²) in [6, 6.07) is 0. The van der Waals surface area contributed by atoms with E-state index >= 15 is 0 Å². The van der Waals surface area contributed by atoms with Gasteiger partial charge in [-0.1, -0.05) is 15.2 Å². The number of ether oxygens (including phenoxy) is 5. The van der Waals surface area contributed by atoms with Crippen molar-refractivity contribution in [3.05, 3.63) is 10.4 Å². The molecule has 0 aromatic heterocycles. The smallest absolute Gasteiger partial charge is 0.430 e. The number of amides is 5. The molecular weight excluding hydrogens is 608 g/mol. The molecule has 45 heavy (non-hydrogen) atoms. The van der Waals surface area contributed by atoms with Gasteiger partial charge in [-0.3, -0.25) is 33.6 Å². The number of unbranched alkanes of at least 4 members (excludes halogenated alkanes) is 1. The molecule has 0 aliphatic carbocycles. The second kappa shape index (κ2) is 21.2. The van der Waals surface area contributed by atoms with E-state index in [-0.39, 0.29) is 77.8 Å². The third kappa shape index (κ3) is 15.2. The van der Waals surface area contributed by atoms with Crippen LogP contribution in [0.1, 0.15) is 51.4 Å². The van der Waals surface area contributed by atoms with Crippen molar-refractivity contribution in [1.29, 1.82) is 0 Å². The van der Waals surface area contributed by atoms with E-state index in [2.05, 4.69) is 25.0 Å². The second-order valence-corrected chi connectivity index (χ2v) is 9.30. The highest BCUT2D eigenvalue weighted by Gasteiger charge is 2.34. The maximum absolute atomic E-state index is 11.8. The van der Waals surface area contributed by atoms with Crippen LogP contribution in [-0.4, -0.2) is 117 Å². The molecule has 5 amide bonds. The number of imide groups is 2. The average molecular weight is 645 g/mol. The molecule has 20 heteroatoms. The normalized spacial score (nSPS) is 15.1. The van der Waals surface area contributed by atoms with Gasteiger partial charge in [0.25, 0.3) is 23.6 Å². The van der Waals surface area contributed by atoms with Crippen molar-refractivity contribution in [2.75, 3.05) is 59.3 Å². The van der Waals surface area contributed by atoms with Gasteiger partial charge in [-0.15, -0.1) is 0 Å². The number of nitrogens with one attached hydrogen (secondary N) is 1. The minimum absolute atomic E-state index is 0.0384. The Balaban J connectivity index is 1.65. The molecular formula is C25H36N6O14. The van der Waals surface area contributed by atoms with Crippen LogP contribution in [0.4, 0.5) is 9.59 Å². The number of hydrogen-bond acceptors (Lipinski definition) is 15. The summed E-state index contributed by atoms with van der Waals surface area (Å²) in [6.45, 7) is 0.172. The molecule has 2 saturated heterocycles. The monoisotopic (exact) mass is 644 g/mol. The maximum atomic E-state index is 11.8. The van der Waals surface area contributed by atoms with Gasteiger partial charge in [-0.25, -0.2) is 9.59 Å². The van der Waals surface area contributed by atoms with Crippen molar-refractivity contribution in [3.63, 3.8) is 0 Å². The lowest BCUT2D eigenvalue weighted by Crippen LogP contribution is -2.33. The third-order valence-electron chi connectivity index (χ3n) is 5.82. The highest BCUT2D eigenvalue weighted by atomic mass is 16.8. The maximum Gasteiger partial charge on any atom is 0.534 e. The van der Waals surface area contributed by atoms with E-state index in [1.54, 1.807) is 0 Å². The number of nitrogens with zero attached hydrogens (tertiary/aromatic N) is 5. The van der Waals surface area contributed by atoms with E-state index in [0.29, 0.717) is 48.9 Å². The number of rotatable bonds is 22. The van der Waals surface area contributed by atoms with Crippen LogP contribution < -0.4 is 5.32 Å². The van der Waals surface area contributed by atoms with Crippen LogP contribution in [-0.2, 0) is 57.3 Å². The molecule has 0 saturated carbocycles. The van der Waals surface area contributed by atoms with Crippen LogP contribution in [0.5, 0.6) is 0 Å². The van der Waals surface area contributed by atoms with Gasteiger partial charge in [-0.2, -0.15) is 0 Å². The second-order valence-electron chi connectivity index (χ2n) is 9.30. The van der Waals surface area contributed by atoms with E-state index < -0.39 is 42.0 Å². The van der Waals surface area contributed by atoms with E-state index in [0.717, 1.165) is 0 Å². The lowest BCUT2D eigenvalue weighted by molar-refractivity contribution is -0.178. The molecule has 20 nitrogen and oxygen atoms in total. The molecule has 0 bridgehead atoms. The van der Waals surface area contributed by atoms with Gasteiger partial charge in [0.2, 0.25) is 5.91 Å². The quantitative estimate of drug-likeness (QED) is 0.0428. The molecule has 2 heterocycles. The van der Waals surface area contributed by atoms with Crippen molar-refractivity contribution < 1.29 is 66.9 Å². The SMILES string of the molecule is [N-]=[N+]=NCCCCC(=O)NCCCOCC(COCCOC(=O)ON1C(=O)CCC1=O)OCCOC(=O)ON1C(=O)CCC1=O. The third-order valence-corrected chi connectivity index (χ3v) is 5.82. The highest BCUT2D eigenvalue weighted by Crippen LogP contribution is 2.13. The number of hydrogen-bond donors (Lipinski definition) is 1. The van der Waals surface area contributed by atoms with Crippen LogP contribution in [0.3, 0.4) is 0 Å². The summed E-state index contributed by atoms with van der Waals surface area (Å²) in [7, 11) is 0. The van der Waals surface area contributed by atoms with Crippen LogP contribution in [0.25, 0.3) is 10.4 Å². The summed E-state index contributed by atoms with van der Waals surface area (Å²) < 4.78 is 26.2. The van der Waals surface area contributed by atoms with Crippen LogP contribution in [0.15, 0.2) is 5.11 Å². The molecule has 2 aliphatic rings. The Morgan fingerprint density at radius 3 is 1.84 bits per heavy atom. The predicted molar refractivity (Wildman–Crippen MR) is 144 cm³/mol. The molecule has 2 rings (SSSR count). The van der Waals surface area contributed by atoms with Gasteiger partial charge < -0.3 is 29.0 Å². The molecule has 0 spiro atoms. The molecule has 0 aromatic rings.